The van der Waals surface area contributed by atoms with Gasteiger partial charge in [0.25, 0.3) is 0 Å². The first-order valence-electron chi connectivity index (χ1n) is 4.74. The molecule has 1 atom stereocenters. The van der Waals surface area contributed by atoms with Crippen LogP contribution in [0.25, 0.3) is 0 Å². The third-order valence-corrected chi connectivity index (χ3v) is 3.09. The van der Waals surface area contributed by atoms with Gasteiger partial charge in [0.2, 0.25) is 0 Å². The van der Waals surface area contributed by atoms with Crippen LogP contribution < -0.4 is 4.74 Å². The molecule has 2 N–H and O–H groups in total. The maximum atomic E-state index is 10.6. The minimum Gasteiger partial charge on any atom is -0.507 e. The van der Waals surface area contributed by atoms with Crippen LogP contribution >= 0.6 is 15.9 Å². The molecule has 0 bridgehead atoms. The van der Waals surface area contributed by atoms with Gasteiger partial charge in [-0.2, -0.15) is 0 Å². The fraction of sp³-hybridized carbons (Fsp3) is 0.364. The average Bonchev–Trinajstić information content (AvgIpc) is 2.20. The van der Waals surface area contributed by atoms with Crippen LogP contribution in [0.4, 0.5) is 0 Å². The monoisotopic (exact) mass is 288 g/mol. The Kier molecular flexibility index (Phi) is 4.18. The van der Waals surface area contributed by atoms with E-state index in [1.165, 1.54) is 13.2 Å². The summed E-state index contributed by atoms with van der Waals surface area (Å²) in [5.41, 5.74) is 0.759. The summed E-state index contributed by atoms with van der Waals surface area (Å²) in [7, 11) is 1.48. The van der Waals surface area contributed by atoms with Gasteiger partial charge < -0.3 is 14.9 Å². The molecule has 0 saturated carbocycles. The first-order valence-corrected chi connectivity index (χ1v) is 5.53. The Labute approximate surface area is 102 Å². The lowest BCUT2D eigenvalue weighted by Crippen LogP contribution is -2.04. The predicted octanol–water partition coefficient (Wildman–Crippen LogP) is 2.74. The van der Waals surface area contributed by atoms with E-state index < -0.39 is 5.97 Å². The summed E-state index contributed by atoms with van der Waals surface area (Å²) in [5.74, 6) is -0.486. The van der Waals surface area contributed by atoms with E-state index in [0.29, 0.717) is 10.2 Å². The van der Waals surface area contributed by atoms with Crippen molar-refractivity contribution in [3.8, 4) is 11.5 Å². The average molecular weight is 289 g/mol. The van der Waals surface area contributed by atoms with E-state index in [4.69, 9.17) is 9.84 Å². The summed E-state index contributed by atoms with van der Waals surface area (Å²) in [6, 6.07) is 3.19. The highest BCUT2D eigenvalue weighted by Crippen LogP contribution is 2.40. The fourth-order valence-electron chi connectivity index (χ4n) is 1.53. The van der Waals surface area contributed by atoms with Gasteiger partial charge in [-0.3, -0.25) is 4.79 Å². The number of methoxy groups -OCH3 is 1. The molecular formula is C11H13BrO4. The van der Waals surface area contributed by atoms with Crippen LogP contribution in [0.5, 0.6) is 11.5 Å². The number of hydrogen-bond acceptors (Lipinski definition) is 3. The molecule has 0 aliphatic rings. The van der Waals surface area contributed by atoms with Crippen LogP contribution in [0.15, 0.2) is 16.6 Å². The Morgan fingerprint density at radius 3 is 2.69 bits per heavy atom. The van der Waals surface area contributed by atoms with Gasteiger partial charge >= 0.3 is 5.97 Å². The van der Waals surface area contributed by atoms with Crippen molar-refractivity contribution in [3.05, 3.63) is 22.2 Å². The summed E-state index contributed by atoms with van der Waals surface area (Å²) in [6.07, 6.45) is 0.0214. The molecule has 5 heteroatoms. The molecule has 88 valence electrons. The zero-order chi connectivity index (χ0) is 12.3. The molecule has 0 amide bonds. The minimum atomic E-state index is -0.862. The van der Waals surface area contributed by atoms with Crippen LogP contribution in [0.2, 0.25) is 0 Å². The molecule has 1 aromatic carbocycles. The number of ether oxygens (including phenoxy) is 1. The van der Waals surface area contributed by atoms with E-state index in [2.05, 4.69) is 15.9 Å². The van der Waals surface area contributed by atoms with Crippen molar-refractivity contribution in [2.45, 2.75) is 19.3 Å². The Bertz CT molecular complexity index is 403. The lowest BCUT2D eigenvalue weighted by molar-refractivity contribution is -0.137. The molecule has 0 aliphatic heterocycles. The number of aliphatic carboxylic acids is 1. The lowest BCUT2D eigenvalue weighted by atomic mass is 9.97. The molecule has 16 heavy (non-hydrogen) atoms. The Morgan fingerprint density at radius 1 is 1.56 bits per heavy atom. The maximum Gasteiger partial charge on any atom is 0.303 e. The van der Waals surface area contributed by atoms with E-state index in [-0.39, 0.29) is 18.1 Å². The zero-order valence-electron chi connectivity index (χ0n) is 9.03. The maximum absolute atomic E-state index is 10.6. The van der Waals surface area contributed by atoms with E-state index >= 15 is 0 Å². The first-order chi connectivity index (χ1) is 7.47. The quantitative estimate of drug-likeness (QED) is 0.894. The third-order valence-electron chi connectivity index (χ3n) is 2.32. The molecule has 0 heterocycles. The number of phenols is 1. The van der Waals surface area contributed by atoms with Gasteiger partial charge in [-0.15, -0.1) is 0 Å². The minimum absolute atomic E-state index is 0.0214. The normalized spacial score (nSPS) is 12.2. The number of carbonyl (C=O) groups is 1. The number of carboxylic acid groups (broad SMARTS) is 1. The highest BCUT2D eigenvalue weighted by atomic mass is 79.9. The van der Waals surface area contributed by atoms with E-state index in [0.717, 1.165) is 5.56 Å². The molecule has 0 aromatic heterocycles. The number of halogens is 1. The van der Waals surface area contributed by atoms with Gasteiger partial charge in [-0.05, 0) is 33.5 Å². The number of rotatable bonds is 4. The second kappa shape index (κ2) is 5.21. The Morgan fingerprint density at radius 2 is 2.19 bits per heavy atom. The molecule has 0 saturated heterocycles. The fourth-order valence-corrected chi connectivity index (χ4v) is 2.05. The van der Waals surface area contributed by atoms with Crippen molar-refractivity contribution in [1.82, 2.24) is 0 Å². The van der Waals surface area contributed by atoms with Gasteiger partial charge in [0.05, 0.1) is 13.5 Å². The summed E-state index contributed by atoms with van der Waals surface area (Å²) in [4.78, 5) is 10.6. The molecule has 0 spiro atoms. The van der Waals surface area contributed by atoms with E-state index in [1.54, 1.807) is 13.0 Å². The number of phenolic OH excluding ortho intramolecular Hbond substituents is 1. The molecule has 1 unspecified atom stereocenters. The number of benzene rings is 1. The number of aromatic hydroxyl groups is 1. The number of carboxylic acids is 1. The second-order valence-corrected chi connectivity index (χ2v) is 4.31. The lowest BCUT2D eigenvalue weighted by Gasteiger charge is -2.15. The highest BCUT2D eigenvalue weighted by Gasteiger charge is 2.18. The molecular weight excluding hydrogens is 276 g/mol. The van der Waals surface area contributed by atoms with Crippen molar-refractivity contribution in [1.29, 1.82) is 0 Å². The highest BCUT2D eigenvalue weighted by molar-refractivity contribution is 9.10. The van der Waals surface area contributed by atoms with Crippen molar-refractivity contribution < 1.29 is 19.7 Å². The molecule has 4 nitrogen and oxygen atoms in total. The van der Waals surface area contributed by atoms with Crippen molar-refractivity contribution in [2.24, 2.45) is 0 Å². The van der Waals surface area contributed by atoms with Crippen LogP contribution in [-0.4, -0.2) is 23.3 Å². The van der Waals surface area contributed by atoms with E-state index in [9.17, 15) is 9.90 Å². The smallest absolute Gasteiger partial charge is 0.303 e. The third kappa shape index (κ3) is 2.66. The molecule has 1 rings (SSSR count). The first kappa shape index (κ1) is 12.8. The van der Waals surface area contributed by atoms with Crippen LogP contribution in [0, 0.1) is 0 Å². The predicted molar refractivity (Wildman–Crippen MR) is 63.0 cm³/mol. The van der Waals surface area contributed by atoms with Crippen molar-refractivity contribution in [3.63, 3.8) is 0 Å². The SMILES string of the molecule is COc1c(C(C)CC(=O)O)ccc(O)c1Br. The summed E-state index contributed by atoms with van der Waals surface area (Å²) in [5, 5.41) is 18.2. The summed E-state index contributed by atoms with van der Waals surface area (Å²) < 4.78 is 5.61. The molecule has 0 radical (unpaired) electrons. The van der Waals surface area contributed by atoms with Crippen LogP contribution in [-0.2, 0) is 4.79 Å². The second-order valence-electron chi connectivity index (χ2n) is 3.52. The molecule has 0 aliphatic carbocycles. The van der Waals surface area contributed by atoms with Crippen LogP contribution in [0.1, 0.15) is 24.8 Å². The Balaban J connectivity index is 3.13. The van der Waals surface area contributed by atoms with Gasteiger partial charge in [-0.1, -0.05) is 13.0 Å². The topological polar surface area (TPSA) is 66.8 Å². The molecule has 0 fully saturated rings. The van der Waals surface area contributed by atoms with Crippen LogP contribution in [0.3, 0.4) is 0 Å². The Hall–Kier alpha value is -1.23. The van der Waals surface area contributed by atoms with Gasteiger partial charge in [0, 0.05) is 0 Å². The standard InChI is InChI=1S/C11H13BrO4/c1-6(5-9(14)15)7-3-4-8(13)10(12)11(7)16-2/h3-4,6,13H,5H2,1-2H3,(H,14,15). The summed E-state index contributed by atoms with van der Waals surface area (Å²) in [6.45, 7) is 1.80. The summed E-state index contributed by atoms with van der Waals surface area (Å²) >= 11 is 3.20. The molecule has 1 aromatic rings. The van der Waals surface area contributed by atoms with Crippen molar-refractivity contribution >= 4 is 21.9 Å². The van der Waals surface area contributed by atoms with E-state index in [1.807, 2.05) is 0 Å². The van der Waals surface area contributed by atoms with Gasteiger partial charge in [-0.25, -0.2) is 0 Å². The number of hydrogen-bond donors (Lipinski definition) is 2. The van der Waals surface area contributed by atoms with Gasteiger partial charge in [0.1, 0.15) is 16.0 Å². The van der Waals surface area contributed by atoms with Crippen molar-refractivity contribution in [2.75, 3.05) is 7.11 Å². The zero-order valence-corrected chi connectivity index (χ0v) is 10.6. The largest absolute Gasteiger partial charge is 0.507 e. The van der Waals surface area contributed by atoms with Gasteiger partial charge in [0.15, 0.2) is 0 Å².